The summed E-state index contributed by atoms with van der Waals surface area (Å²) in [5, 5.41) is 4.78. The largest absolute Gasteiger partial charge is 0.372 e. The van der Waals surface area contributed by atoms with Crippen molar-refractivity contribution in [3.63, 3.8) is 0 Å². The number of anilines is 1. The Morgan fingerprint density at radius 3 is 2.35 bits per heavy atom. The molecule has 5 rings (SSSR count). The van der Waals surface area contributed by atoms with E-state index in [0.29, 0.717) is 18.2 Å². The minimum Gasteiger partial charge on any atom is -0.372 e. The molecule has 1 amide bonds. The van der Waals surface area contributed by atoms with E-state index in [1.807, 2.05) is 48.1 Å². The van der Waals surface area contributed by atoms with Gasteiger partial charge in [0, 0.05) is 38.3 Å². The van der Waals surface area contributed by atoms with E-state index in [-0.39, 0.29) is 5.91 Å². The van der Waals surface area contributed by atoms with Crippen LogP contribution >= 0.6 is 0 Å². The fraction of sp³-hybridized carbons (Fsp3) is 0.385. The van der Waals surface area contributed by atoms with Gasteiger partial charge in [0.1, 0.15) is 5.69 Å². The van der Waals surface area contributed by atoms with Gasteiger partial charge in [0.2, 0.25) is 0 Å². The van der Waals surface area contributed by atoms with Crippen LogP contribution in [-0.2, 0) is 6.54 Å². The first-order valence-corrected chi connectivity index (χ1v) is 11.4. The molecule has 2 aromatic carbocycles. The molecule has 0 N–H and O–H groups in total. The van der Waals surface area contributed by atoms with Crippen LogP contribution in [0.5, 0.6) is 0 Å². The summed E-state index contributed by atoms with van der Waals surface area (Å²) in [7, 11) is 1.88. The van der Waals surface area contributed by atoms with Gasteiger partial charge in [-0.05, 0) is 68.0 Å². The molecular formula is C26H30N4O. The Morgan fingerprint density at radius 1 is 0.968 bits per heavy atom. The molecule has 31 heavy (non-hydrogen) atoms. The quantitative estimate of drug-likeness (QED) is 0.569. The first kappa shape index (κ1) is 19.9. The van der Waals surface area contributed by atoms with Crippen LogP contribution in [0.1, 0.15) is 59.8 Å². The van der Waals surface area contributed by atoms with Crippen LogP contribution in [0.3, 0.4) is 0 Å². The van der Waals surface area contributed by atoms with Crippen LogP contribution in [0.25, 0.3) is 5.69 Å². The van der Waals surface area contributed by atoms with E-state index in [1.54, 1.807) is 4.90 Å². The minimum absolute atomic E-state index is 0.00311. The van der Waals surface area contributed by atoms with Gasteiger partial charge in [0.15, 0.2) is 0 Å². The summed E-state index contributed by atoms with van der Waals surface area (Å²) in [5.74, 6) is 0.507. The fourth-order valence-corrected chi connectivity index (χ4v) is 4.40. The van der Waals surface area contributed by atoms with E-state index >= 15 is 0 Å². The van der Waals surface area contributed by atoms with Crippen molar-refractivity contribution >= 4 is 11.6 Å². The lowest BCUT2D eigenvalue weighted by Gasteiger charge is -2.29. The third-order valence-electron chi connectivity index (χ3n) is 6.37. The van der Waals surface area contributed by atoms with Crippen molar-refractivity contribution in [1.29, 1.82) is 0 Å². The Hall–Kier alpha value is -3.08. The highest BCUT2D eigenvalue weighted by molar-refractivity contribution is 5.93. The van der Waals surface area contributed by atoms with Gasteiger partial charge in [-0.25, -0.2) is 4.68 Å². The van der Waals surface area contributed by atoms with Crippen LogP contribution in [-0.4, -0.2) is 40.7 Å². The number of hydrogen-bond acceptors (Lipinski definition) is 3. The van der Waals surface area contributed by atoms with Crippen molar-refractivity contribution in [2.75, 3.05) is 25.0 Å². The SMILES string of the molecule is CN(Cc1ccc(N2CCCCC2)cc1)C(=O)c1cc(C2CC2)nn1-c1ccccc1. The molecule has 0 atom stereocenters. The molecule has 0 unspecified atom stereocenters. The number of para-hydroxylation sites is 1. The van der Waals surface area contributed by atoms with Gasteiger partial charge in [0.05, 0.1) is 11.4 Å². The highest BCUT2D eigenvalue weighted by atomic mass is 16.2. The van der Waals surface area contributed by atoms with Gasteiger partial charge >= 0.3 is 0 Å². The van der Waals surface area contributed by atoms with E-state index in [4.69, 9.17) is 5.10 Å². The first-order valence-electron chi connectivity index (χ1n) is 11.4. The minimum atomic E-state index is 0.00311. The summed E-state index contributed by atoms with van der Waals surface area (Å²) in [6.45, 7) is 2.87. The number of benzene rings is 2. The van der Waals surface area contributed by atoms with Crippen molar-refractivity contribution in [2.45, 2.75) is 44.6 Å². The van der Waals surface area contributed by atoms with E-state index in [0.717, 1.165) is 30.0 Å². The highest BCUT2D eigenvalue weighted by Crippen LogP contribution is 2.40. The van der Waals surface area contributed by atoms with E-state index in [2.05, 4.69) is 29.2 Å². The van der Waals surface area contributed by atoms with Crippen molar-refractivity contribution in [1.82, 2.24) is 14.7 Å². The van der Waals surface area contributed by atoms with Crippen LogP contribution in [0.2, 0.25) is 0 Å². The summed E-state index contributed by atoms with van der Waals surface area (Å²) in [6, 6.07) is 20.6. The molecule has 1 saturated carbocycles. The Labute approximate surface area is 184 Å². The maximum absolute atomic E-state index is 13.4. The van der Waals surface area contributed by atoms with Crippen LogP contribution in [0.4, 0.5) is 5.69 Å². The van der Waals surface area contributed by atoms with Crippen molar-refractivity contribution in [3.05, 3.63) is 77.6 Å². The number of hydrogen-bond donors (Lipinski definition) is 0. The zero-order chi connectivity index (χ0) is 21.2. The smallest absolute Gasteiger partial charge is 0.272 e. The van der Waals surface area contributed by atoms with E-state index in [1.165, 1.54) is 37.8 Å². The van der Waals surface area contributed by atoms with E-state index in [9.17, 15) is 4.79 Å². The van der Waals surface area contributed by atoms with Gasteiger partial charge in [-0.2, -0.15) is 5.10 Å². The predicted octanol–water partition coefficient (Wildman–Crippen LogP) is 5.01. The number of nitrogens with zero attached hydrogens (tertiary/aromatic N) is 4. The summed E-state index contributed by atoms with van der Waals surface area (Å²) >= 11 is 0. The molecule has 1 aromatic heterocycles. The molecule has 5 nitrogen and oxygen atoms in total. The maximum atomic E-state index is 13.4. The molecule has 2 heterocycles. The molecule has 1 aliphatic heterocycles. The molecule has 160 valence electrons. The number of piperidine rings is 1. The lowest BCUT2D eigenvalue weighted by Crippen LogP contribution is -2.29. The van der Waals surface area contributed by atoms with Crippen LogP contribution in [0, 0.1) is 0 Å². The maximum Gasteiger partial charge on any atom is 0.272 e. The fourth-order valence-electron chi connectivity index (χ4n) is 4.40. The molecule has 0 bridgehead atoms. The predicted molar refractivity (Wildman–Crippen MR) is 124 cm³/mol. The average Bonchev–Trinajstić information content (AvgIpc) is 3.58. The third-order valence-corrected chi connectivity index (χ3v) is 6.37. The van der Waals surface area contributed by atoms with Gasteiger partial charge in [-0.3, -0.25) is 4.79 Å². The van der Waals surface area contributed by atoms with Gasteiger partial charge in [-0.15, -0.1) is 0 Å². The Morgan fingerprint density at radius 2 is 1.68 bits per heavy atom. The van der Waals surface area contributed by atoms with Crippen LogP contribution in [0.15, 0.2) is 60.7 Å². The second-order valence-corrected chi connectivity index (χ2v) is 8.85. The summed E-state index contributed by atoms with van der Waals surface area (Å²) in [6.07, 6.45) is 6.22. The van der Waals surface area contributed by atoms with Crippen LogP contribution < -0.4 is 4.90 Å². The first-order chi connectivity index (χ1) is 15.2. The molecule has 5 heteroatoms. The molecule has 2 fully saturated rings. The molecule has 0 spiro atoms. The van der Waals surface area contributed by atoms with E-state index < -0.39 is 0 Å². The summed E-state index contributed by atoms with van der Waals surface area (Å²) in [5.41, 5.74) is 5.03. The number of amides is 1. The second-order valence-electron chi connectivity index (χ2n) is 8.85. The monoisotopic (exact) mass is 414 g/mol. The normalized spacial score (nSPS) is 16.4. The Bertz CT molecular complexity index is 1030. The summed E-state index contributed by atoms with van der Waals surface area (Å²) < 4.78 is 1.81. The molecule has 0 radical (unpaired) electrons. The number of carbonyl (C=O) groups excluding carboxylic acids is 1. The second kappa shape index (κ2) is 8.58. The average molecular weight is 415 g/mol. The molecular weight excluding hydrogens is 384 g/mol. The lowest BCUT2D eigenvalue weighted by atomic mass is 10.1. The molecule has 2 aliphatic rings. The zero-order valence-electron chi connectivity index (χ0n) is 18.2. The highest BCUT2D eigenvalue weighted by Gasteiger charge is 2.29. The summed E-state index contributed by atoms with van der Waals surface area (Å²) in [4.78, 5) is 17.6. The topological polar surface area (TPSA) is 41.4 Å². The third kappa shape index (κ3) is 4.36. The van der Waals surface area contributed by atoms with Gasteiger partial charge < -0.3 is 9.80 Å². The zero-order valence-corrected chi connectivity index (χ0v) is 18.2. The Balaban J connectivity index is 1.33. The van der Waals surface area contributed by atoms with Crippen molar-refractivity contribution < 1.29 is 4.79 Å². The molecule has 3 aromatic rings. The molecule has 1 aliphatic carbocycles. The molecule has 1 saturated heterocycles. The number of aromatic nitrogens is 2. The lowest BCUT2D eigenvalue weighted by molar-refractivity contribution is 0.0776. The Kier molecular flexibility index (Phi) is 5.49. The number of carbonyl (C=O) groups is 1. The van der Waals surface area contributed by atoms with Gasteiger partial charge in [0.25, 0.3) is 5.91 Å². The van der Waals surface area contributed by atoms with Crippen molar-refractivity contribution in [2.24, 2.45) is 0 Å². The standard InChI is InChI=1S/C26H30N4O/c1-28(19-20-10-14-22(15-11-20)29-16-6-3-7-17-29)26(31)25-18-24(21-12-13-21)27-30(25)23-8-4-2-5-9-23/h2,4-5,8-11,14-15,18,21H,3,6-7,12-13,16-17,19H2,1H3. The number of rotatable bonds is 6. The van der Waals surface area contributed by atoms with Gasteiger partial charge in [-0.1, -0.05) is 30.3 Å². The van der Waals surface area contributed by atoms with Crippen molar-refractivity contribution in [3.8, 4) is 5.69 Å².